The molecule has 0 aromatic heterocycles. The van der Waals surface area contributed by atoms with E-state index in [2.05, 4.69) is 0 Å². The smallest absolute Gasteiger partial charge is 0.274 e. The fraction of sp³-hybridized carbons (Fsp3) is 0.125. The molecule has 1 aromatic carbocycles. The highest BCUT2D eigenvalue weighted by Crippen LogP contribution is 2.30. The van der Waals surface area contributed by atoms with Crippen molar-refractivity contribution in [1.82, 2.24) is 0 Å². The van der Waals surface area contributed by atoms with Crippen LogP contribution in [-0.4, -0.2) is 20.5 Å². The standard InChI is InChI=1S/C8H7N3O5S/c1-16-7-2-5(11(12)13)3-8(6(7)4-9)17(10,14)15/h2-3H,1H3,(H2,10,14,15). The van der Waals surface area contributed by atoms with Crippen LogP contribution in [0.3, 0.4) is 0 Å². The van der Waals surface area contributed by atoms with Gasteiger partial charge in [-0.2, -0.15) is 5.26 Å². The lowest BCUT2D eigenvalue weighted by Gasteiger charge is -2.06. The van der Waals surface area contributed by atoms with Crippen LogP contribution < -0.4 is 9.88 Å². The van der Waals surface area contributed by atoms with Gasteiger partial charge in [0.25, 0.3) is 5.69 Å². The van der Waals surface area contributed by atoms with Gasteiger partial charge in [0.2, 0.25) is 10.0 Å². The monoisotopic (exact) mass is 257 g/mol. The van der Waals surface area contributed by atoms with E-state index in [1.165, 1.54) is 0 Å². The van der Waals surface area contributed by atoms with Crippen LogP contribution in [0.5, 0.6) is 5.75 Å². The van der Waals surface area contributed by atoms with Gasteiger partial charge in [-0.15, -0.1) is 0 Å². The molecule has 2 N–H and O–H groups in total. The van der Waals surface area contributed by atoms with E-state index < -0.39 is 25.5 Å². The Balaban J connectivity index is 3.74. The summed E-state index contributed by atoms with van der Waals surface area (Å²) in [5, 5.41) is 24.3. The Morgan fingerprint density at radius 2 is 2.12 bits per heavy atom. The molecule has 17 heavy (non-hydrogen) atoms. The number of nitriles is 1. The van der Waals surface area contributed by atoms with E-state index in [1.807, 2.05) is 0 Å². The van der Waals surface area contributed by atoms with Crippen molar-refractivity contribution >= 4 is 15.7 Å². The van der Waals surface area contributed by atoms with Crippen molar-refractivity contribution in [2.45, 2.75) is 4.90 Å². The molecular formula is C8H7N3O5S. The first-order valence-electron chi connectivity index (χ1n) is 4.10. The molecule has 90 valence electrons. The minimum atomic E-state index is -4.24. The Morgan fingerprint density at radius 3 is 2.47 bits per heavy atom. The van der Waals surface area contributed by atoms with Crippen molar-refractivity contribution in [2.75, 3.05) is 7.11 Å². The quantitative estimate of drug-likeness (QED) is 0.603. The molecule has 9 heteroatoms. The van der Waals surface area contributed by atoms with Crippen LogP contribution in [0.25, 0.3) is 0 Å². The van der Waals surface area contributed by atoms with Gasteiger partial charge < -0.3 is 4.74 Å². The zero-order valence-corrected chi connectivity index (χ0v) is 9.39. The van der Waals surface area contributed by atoms with E-state index >= 15 is 0 Å². The average molecular weight is 257 g/mol. The summed E-state index contributed by atoms with van der Waals surface area (Å²) in [6.45, 7) is 0. The van der Waals surface area contributed by atoms with Crippen LogP contribution in [0.4, 0.5) is 5.69 Å². The summed E-state index contributed by atoms with van der Waals surface area (Å²) in [6, 6.07) is 3.25. The van der Waals surface area contributed by atoms with Crippen LogP contribution in [0, 0.1) is 21.4 Å². The summed E-state index contributed by atoms with van der Waals surface area (Å²) in [7, 11) is -3.08. The van der Waals surface area contributed by atoms with Crippen molar-refractivity contribution in [1.29, 1.82) is 5.26 Å². The van der Waals surface area contributed by atoms with Crippen molar-refractivity contribution in [3.05, 3.63) is 27.8 Å². The molecule has 1 rings (SSSR count). The molecule has 1 aromatic rings. The minimum absolute atomic E-state index is 0.217. The number of primary sulfonamides is 1. The number of ether oxygens (including phenoxy) is 1. The number of non-ortho nitro benzene ring substituents is 1. The van der Waals surface area contributed by atoms with Gasteiger partial charge in [0, 0.05) is 6.07 Å². The van der Waals surface area contributed by atoms with Crippen molar-refractivity contribution < 1.29 is 18.1 Å². The van der Waals surface area contributed by atoms with Crippen molar-refractivity contribution in [3.63, 3.8) is 0 Å². The Bertz CT molecular complexity index is 617. The second kappa shape index (κ2) is 4.36. The number of hydrogen-bond donors (Lipinski definition) is 1. The summed E-state index contributed by atoms with van der Waals surface area (Å²) in [4.78, 5) is 9.14. The van der Waals surface area contributed by atoms with Gasteiger partial charge in [0.05, 0.1) is 18.1 Å². The highest BCUT2D eigenvalue weighted by molar-refractivity contribution is 7.89. The lowest BCUT2D eigenvalue weighted by Crippen LogP contribution is -2.14. The maximum atomic E-state index is 11.2. The third kappa shape index (κ3) is 2.49. The summed E-state index contributed by atoms with van der Waals surface area (Å²) in [5.74, 6) is -0.217. The number of methoxy groups -OCH3 is 1. The fourth-order valence-electron chi connectivity index (χ4n) is 1.18. The third-order valence-corrected chi connectivity index (χ3v) is 2.83. The maximum absolute atomic E-state index is 11.2. The SMILES string of the molecule is COc1cc([N+](=O)[O-])cc(S(N)(=O)=O)c1C#N. The molecule has 0 saturated heterocycles. The molecule has 0 radical (unpaired) electrons. The summed E-state index contributed by atoms with van der Waals surface area (Å²) in [6.07, 6.45) is 0. The third-order valence-electron chi connectivity index (χ3n) is 1.90. The van der Waals surface area contributed by atoms with Crippen LogP contribution >= 0.6 is 0 Å². The van der Waals surface area contributed by atoms with Gasteiger partial charge in [0.1, 0.15) is 22.3 Å². The Labute approximate surface area is 96.4 Å². The predicted octanol–water partition coefficient (Wildman–Crippen LogP) is 0.122. The predicted molar refractivity (Wildman–Crippen MR) is 55.7 cm³/mol. The van der Waals surface area contributed by atoms with Crippen molar-refractivity contribution in [2.24, 2.45) is 5.14 Å². The fourth-order valence-corrected chi connectivity index (χ4v) is 1.89. The molecular weight excluding hydrogens is 250 g/mol. The number of nitrogens with zero attached hydrogens (tertiary/aromatic N) is 2. The van der Waals surface area contributed by atoms with Crippen molar-refractivity contribution in [3.8, 4) is 11.8 Å². The van der Waals surface area contributed by atoms with E-state index in [0.29, 0.717) is 0 Å². The molecule has 0 spiro atoms. The molecule has 8 nitrogen and oxygen atoms in total. The average Bonchev–Trinajstić information content (AvgIpc) is 2.25. The molecule has 0 fully saturated rings. The molecule has 0 saturated carbocycles. The van der Waals surface area contributed by atoms with E-state index in [9.17, 15) is 18.5 Å². The first kappa shape index (κ1) is 12.9. The molecule has 0 aliphatic rings. The second-order valence-corrected chi connectivity index (χ2v) is 4.46. The number of sulfonamides is 1. The zero-order chi connectivity index (χ0) is 13.2. The first-order chi connectivity index (χ1) is 7.81. The van der Waals surface area contributed by atoms with E-state index in [1.54, 1.807) is 6.07 Å². The van der Waals surface area contributed by atoms with Crippen LogP contribution in [0.1, 0.15) is 5.56 Å². The van der Waals surface area contributed by atoms with Gasteiger partial charge in [0.15, 0.2) is 0 Å². The molecule has 0 heterocycles. The number of benzene rings is 1. The lowest BCUT2D eigenvalue weighted by atomic mass is 10.2. The number of nitro benzene ring substituents is 1. The van der Waals surface area contributed by atoms with Crippen LogP contribution in [-0.2, 0) is 10.0 Å². The summed E-state index contributed by atoms with van der Waals surface area (Å²) < 4.78 is 27.1. The number of nitrogens with two attached hydrogens (primary N) is 1. The zero-order valence-electron chi connectivity index (χ0n) is 8.58. The summed E-state index contributed by atoms with van der Waals surface area (Å²) >= 11 is 0. The second-order valence-electron chi connectivity index (χ2n) is 2.94. The van der Waals surface area contributed by atoms with Gasteiger partial charge in [-0.05, 0) is 0 Å². The maximum Gasteiger partial charge on any atom is 0.274 e. The topological polar surface area (TPSA) is 136 Å². The highest BCUT2D eigenvalue weighted by atomic mass is 32.2. The highest BCUT2D eigenvalue weighted by Gasteiger charge is 2.23. The number of hydrogen-bond acceptors (Lipinski definition) is 6. The Morgan fingerprint density at radius 1 is 1.53 bits per heavy atom. The van der Waals surface area contributed by atoms with Gasteiger partial charge in [-0.25, -0.2) is 13.6 Å². The molecule has 0 atom stereocenters. The minimum Gasteiger partial charge on any atom is -0.495 e. The summed E-state index contributed by atoms with van der Waals surface area (Å²) in [5.41, 5.74) is -0.884. The molecule has 0 bridgehead atoms. The first-order valence-corrected chi connectivity index (χ1v) is 5.65. The normalized spacial score (nSPS) is 10.6. The van der Waals surface area contributed by atoms with Gasteiger partial charge in [-0.1, -0.05) is 0 Å². The molecule has 0 unspecified atom stereocenters. The van der Waals surface area contributed by atoms with Crippen LogP contribution in [0.15, 0.2) is 17.0 Å². The van der Waals surface area contributed by atoms with Gasteiger partial charge in [-0.3, -0.25) is 10.1 Å². The van der Waals surface area contributed by atoms with Crippen LogP contribution in [0.2, 0.25) is 0 Å². The van der Waals surface area contributed by atoms with E-state index in [0.717, 1.165) is 19.2 Å². The van der Waals surface area contributed by atoms with Gasteiger partial charge >= 0.3 is 0 Å². The van der Waals surface area contributed by atoms with E-state index in [-0.39, 0.29) is 11.3 Å². The molecule has 0 amide bonds. The lowest BCUT2D eigenvalue weighted by molar-refractivity contribution is -0.385. The Kier molecular flexibility index (Phi) is 3.31. The number of rotatable bonds is 3. The Hall–Kier alpha value is -2.18. The largest absolute Gasteiger partial charge is 0.495 e. The van der Waals surface area contributed by atoms with E-state index in [4.69, 9.17) is 15.1 Å². The molecule has 0 aliphatic heterocycles. The molecule has 0 aliphatic carbocycles. The number of nitro groups is 1.